The third-order valence-corrected chi connectivity index (χ3v) is 2.05. The number of aliphatic hydroxyl groups is 5. The Hall–Kier alpha value is -0.270. The van der Waals surface area contributed by atoms with Crippen molar-refractivity contribution in [2.75, 3.05) is 0 Å². The lowest BCUT2D eigenvalue weighted by molar-refractivity contribution is -0.206. The van der Waals surface area contributed by atoms with Gasteiger partial charge in [0.15, 0.2) is 6.17 Å². The highest BCUT2D eigenvalue weighted by Crippen LogP contribution is 2.23. The summed E-state index contributed by atoms with van der Waals surface area (Å²) >= 11 is 0. The Morgan fingerprint density at radius 1 is 0.583 bits per heavy atom. The molecule has 0 aromatic heterocycles. The van der Waals surface area contributed by atoms with Gasteiger partial charge in [0.05, 0.1) is 0 Å². The number of hydrogen-bond acceptors (Lipinski definition) is 5. The molecule has 1 saturated carbocycles. The van der Waals surface area contributed by atoms with Gasteiger partial charge in [-0.25, -0.2) is 4.39 Å². The maximum absolute atomic E-state index is 12.7. The molecule has 1 fully saturated rings. The quantitative estimate of drug-likeness (QED) is 0.277. The molecule has 72 valence electrons. The van der Waals surface area contributed by atoms with Crippen molar-refractivity contribution in [3.05, 3.63) is 0 Å². The Morgan fingerprint density at radius 3 is 1.17 bits per heavy atom. The van der Waals surface area contributed by atoms with Crippen molar-refractivity contribution < 1.29 is 29.9 Å². The smallest absolute Gasteiger partial charge is 0.157 e. The van der Waals surface area contributed by atoms with Gasteiger partial charge in [-0.1, -0.05) is 0 Å². The van der Waals surface area contributed by atoms with E-state index in [2.05, 4.69) is 0 Å². The van der Waals surface area contributed by atoms with E-state index in [1.165, 1.54) is 0 Å². The fourth-order valence-electron chi connectivity index (χ4n) is 1.18. The zero-order valence-electron chi connectivity index (χ0n) is 6.08. The van der Waals surface area contributed by atoms with E-state index in [9.17, 15) is 4.39 Å². The van der Waals surface area contributed by atoms with Gasteiger partial charge in [-0.15, -0.1) is 0 Å². The Bertz CT molecular complexity index is 107. The van der Waals surface area contributed by atoms with Gasteiger partial charge in [0, 0.05) is 0 Å². The van der Waals surface area contributed by atoms with Crippen molar-refractivity contribution in [2.45, 2.75) is 36.7 Å². The van der Waals surface area contributed by atoms with Crippen LogP contribution in [0.25, 0.3) is 0 Å². The fraction of sp³-hybridized carbons (Fsp3) is 1.00. The Morgan fingerprint density at radius 2 is 0.833 bits per heavy atom. The van der Waals surface area contributed by atoms with Crippen LogP contribution in [0.2, 0.25) is 0 Å². The van der Waals surface area contributed by atoms with E-state index in [-0.39, 0.29) is 0 Å². The third-order valence-electron chi connectivity index (χ3n) is 2.05. The molecule has 6 atom stereocenters. The van der Waals surface area contributed by atoms with Crippen molar-refractivity contribution in [1.29, 1.82) is 0 Å². The number of aliphatic hydroxyl groups excluding tert-OH is 5. The molecule has 0 radical (unpaired) electrons. The Labute approximate surface area is 67.7 Å². The van der Waals surface area contributed by atoms with Gasteiger partial charge in [0.1, 0.15) is 30.5 Å². The molecule has 12 heavy (non-hydrogen) atoms. The molecule has 0 saturated heterocycles. The summed E-state index contributed by atoms with van der Waals surface area (Å²) < 4.78 is 12.7. The molecule has 0 amide bonds. The van der Waals surface area contributed by atoms with Gasteiger partial charge >= 0.3 is 0 Å². The molecule has 5 N–H and O–H groups in total. The number of alkyl halides is 1. The van der Waals surface area contributed by atoms with Crippen molar-refractivity contribution in [3.63, 3.8) is 0 Å². The molecule has 1 aliphatic rings. The van der Waals surface area contributed by atoms with Crippen LogP contribution in [0, 0.1) is 0 Å². The highest BCUT2D eigenvalue weighted by molar-refractivity contribution is 4.98. The summed E-state index contributed by atoms with van der Waals surface area (Å²) in [7, 11) is 0. The second kappa shape index (κ2) is 3.23. The first-order valence-corrected chi connectivity index (χ1v) is 3.51. The highest BCUT2D eigenvalue weighted by atomic mass is 18.2. The minimum atomic E-state index is -2.14. The lowest BCUT2D eigenvalue weighted by Crippen LogP contribution is -2.62. The average molecular weight is 181 g/mol. The highest BCUT2D eigenvalue weighted by Gasteiger charge is 2.48. The van der Waals surface area contributed by atoms with Crippen LogP contribution in [0.15, 0.2) is 0 Å². The summed E-state index contributed by atoms with van der Waals surface area (Å²) in [5.74, 6) is 0. The summed E-state index contributed by atoms with van der Waals surface area (Å²) in [6.45, 7) is 0. The normalized spacial score (nSPS) is 55.5. The molecule has 5 unspecified atom stereocenters. The molecule has 0 bridgehead atoms. The van der Waals surface area contributed by atoms with Crippen LogP contribution < -0.4 is 0 Å². The molecule has 0 aliphatic heterocycles. The van der Waals surface area contributed by atoms with Crippen molar-refractivity contribution >= 4 is 0 Å². The molecular formula is C6H11FO5. The van der Waals surface area contributed by atoms with Gasteiger partial charge in [0.25, 0.3) is 0 Å². The van der Waals surface area contributed by atoms with Crippen LogP contribution in [0.3, 0.4) is 0 Å². The standard InChI is InChI=1S/C6H11FO5/c7-1-2(8)4(10)6(12)5(11)3(1)9/h1-6,8-12H/t1?,2-,3?,4?,5?,6?/m0/s1/i7-1. The first-order chi connectivity index (χ1) is 5.46. The van der Waals surface area contributed by atoms with Crippen molar-refractivity contribution in [2.24, 2.45) is 0 Å². The summed E-state index contributed by atoms with van der Waals surface area (Å²) in [6, 6.07) is 0. The zero-order valence-corrected chi connectivity index (χ0v) is 6.08. The van der Waals surface area contributed by atoms with E-state index in [1.54, 1.807) is 0 Å². The minimum absolute atomic E-state index is 1.72. The van der Waals surface area contributed by atoms with E-state index in [4.69, 9.17) is 25.5 Å². The van der Waals surface area contributed by atoms with Crippen LogP contribution in [0.5, 0.6) is 0 Å². The second-order valence-electron chi connectivity index (χ2n) is 2.90. The molecule has 1 rings (SSSR count). The van der Waals surface area contributed by atoms with Gasteiger partial charge in [0.2, 0.25) is 0 Å². The van der Waals surface area contributed by atoms with Crippen molar-refractivity contribution in [1.82, 2.24) is 0 Å². The fourth-order valence-corrected chi connectivity index (χ4v) is 1.18. The first-order valence-electron chi connectivity index (χ1n) is 3.51. The summed E-state index contributed by atoms with van der Waals surface area (Å²) in [4.78, 5) is 0. The maximum atomic E-state index is 12.7. The first kappa shape index (κ1) is 9.82. The monoisotopic (exact) mass is 181 g/mol. The summed E-state index contributed by atoms with van der Waals surface area (Å²) in [6.07, 6.45) is -11.1. The number of hydrogen-bond donors (Lipinski definition) is 5. The van der Waals surface area contributed by atoms with E-state index < -0.39 is 36.7 Å². The van der Waals surface area contributed by atoms with Gasteiger partial charge < -0.3 is 25.5 Å². The topological polar surface area (TPSA) is 101 Å². The van der Waals surface area contributed by atoms with E-state index >= 15 is 0 Å². The van der Waals surface area contributed by atoms with Crippen LogP contribution in [0.1, 0.15) is 0 Å². The molecule has 0 spiro atoms. The Kier molecular flexibility index (Phi) is 2.64. The third kappa shape index (κ3) is 1.32. The number of halogens is 1. The number of rotatable bonds is 0. The van der Waals surface area contributed by atoms with Crippen LogP contribution >= 0.6 is 0 Å². The van der Waals surface area contributed by atoms with Gasteiger partial charge in [-0.3, -0.25) is 0 Å². The largest absolute Gasteiger partial charge is 0.387 e. The molecule has 5 nitrogen and oxygen atoms in total. The molecule has 0 aromatic carbocycles. The van der Waals surface area contributed by atoms with Crippen LogP contribution in [-0.2, 0) is 0 Å². The van der Waals surface area contributed by atoms with Gasteiger partial charge in [-0.2, -0.15) is 0 Å². The lowest BCUT2D eigenvalue weighted by Gasteiger charge is -2.38. The molecule has 1 aliphatic carbocycles. The van der Waals surface area contributed by atoms with Crippen LogP contribution in [-0.4, -0.2) is 62.2 Å². The molecule has 0 heterocycles. The second-order valence-corrected chi connectivity index (χ2v) is 2.90. The predicted molar refractivity (Wildman–Crippen MR) is 34.9 cm³/mol. The van der Waals surface area contributed by atoms with E-state index in [0.717, 1.165) is 0 Å². The predicted octanol–water partition coefficient (Wildman–Crippen LogP) is -2.86. The minimum Gasteiger partial charge on any atom is -0.387 e. The SMILES string of the molecule is OC1C(O)C(O)[C@@H](O)C([18F])C1O. The summed E-state index contributed by atoms with van der Waals surface area (Å²) in [5.41, 5.74) is 0. The van der Waals surface area contributed by atoms with E-state index in [1.807, 2.05) is 0 Å². The average Bonchev–Trinajstić information content (AvgIpc) is 2.08. The van der Waals surface area contributed by atoms with Crippen LogP contribution in [0.4, 0.5) is 4.39 Å². The summed E-state index contributed by atoms with van der Waals surface area (Å²) in [5, 5.41) is 44.4. The zero-order chi connectivity index (χ0) is 9.46. The Balaban J connectivity index is 2.76. The molecule has 0 aromatic rings. The van der Waals surface area contributed by atoms with Crippen molar-refractivity contribution in [3.8, 4) is 0 Å². The van der Waals surface area contributed by atoms with E-state index in [0.29, 0.717) is 0 Å². The maximum Gasteiger partial charge on any atom is 0.157 e. The lowest BCUT2D eigenvalue weighted by atomic mass is 9.86. The molecule has 6 heteroatoms. The van der Waals surface area contributed by atoms with Gasteiger partial charge in [-0.05, 0) is 0 Å². The molecular weight excluding hydrogens is 170 g/mol.